The first-order chi connectivity index (χ1) is 11.7. The maximum atomic E-state index is 12.0. The van der Waals surface area contributed by atoms with Crippen LogP contribution in [0.5, 0.6) is 5.75 Å². The van der Waals surface area contributed by atoms with Crippen molar-refractivity contribution in [3.05, 3.63) is 24.3 Å². The monoisotopic (exact) mass is 364 g/mol. The zero-order valence-electron chi connectivity index (χ0n) is 13.6. The SMILES string of the molecule is CCOc1ccccc1Nc1nnc(S[C@H](C)C(=O)NC2CC2)s1. The standard InChI is InChI=1S/C16H20N4O2S2/c1-3-22-13-7-5-4-6-12(13)18-15-19-20-16(24-15)23-10(2)14(21)17-11-8-9-11/h4-7,10-11H,3,8-9H2,1-2H3,(H,17,21)(H,18,19)/t10-/m1/s1. The minimum Gasteiger partial charge on any atom is -0.492 e. The number of para-hydroxylation sites is 2. The van der Waals surface area contributed by atoms with Crippen molar-refractivity contribution in [3.63, 3.8) is 0 Å². The van der Waals surface area contributed by atoms with E-state index in [1.807, 2.05) is 38.1 Å². The molecule has 0 bridgehead atoms. The van der Waals surface area contributed by atoms with E-state index in [0.717, 1.165) is 28.6 Å². The van der Waals surface area contributed by atoms with Crippen molar-refractivity contribution >= 4 is 39.8 Å². The number of nitrogens with zero attached hydrogens (tertiary/aromatic N) is 2. The van der Waals surface area contributed by atoms with E-state index in [-0.39, 0.29) is 11.2 Å². The molecule has 0 aliphatic heterocycles. The molecule has 1 saturated carbocycles. The molecule has 0 saturated heterocycles. The molecule has 3 rings (SSSR count). The van der Waals surface area contributed by atoms with Gasteiger partial charge in [-0.1, -0.05) is 35.2 Å². The molecule has 0 unspecified atom stereocenters. The smallest absolute Gasteiger partial charge is 0.233 e. The van der Waals surface area contributed by atoms with Gasteiger partial charge in [-0.05, 0) is 38.8 Å². The van der Waals surface area contributed by atoms with Crippen LogP contribution in [0.1, 0.15) is 26.7 Å². The van der Waals surface area contributed by atoms with Gasteiger partial charge in [0, 0.05) is 6.04 Å². The molecule has 2 N–H and O–H groups in total. The Balaban J connectivity index is 1.60. The molecule has 24 heavy (non-hydrogen) atoms. The molecule has 128 valence electrons. The maximum Gasteiger partial charge on any atom is 0.233 e. The van der Waals surface area contributed by atoms with Crippen molar-refractivity contribution in [3.8, 4) is 5.75 Å². The summed E-state index contributed by atoms with van der Waals surface area (Å²) < 4.78 is 6.36. The molecule has 1 atom stereocenters. The average molecular weight is 364 g/mol. The number of carbonyl (C=O) groups is 1. The van der Waals surface area contributed by atoms with Crippen molar-refractivity contribution < 1.29 is 9.53 Å². The van der Waals surface area contributed by atoms with Crippen LogP contribution in [-0.4, -0.2) is 34.0 Å². The molecule has 6 nitrogen and oxygen atoms in total. The first kappa shape index (κ1) is 17.0. The Kier molecular flexibility index (Phi) is 5.57. The highest BCUT2D eigenvalue weighted by Crippen LogP contribution is 2.33. The summed E-state index contributed by atoms with van der Waals surface area (Å²) in [6, 6.07) is 8.09. The van der Waals surface area contributed by atoms with Crippen LogP contribution in [0.15, 0.2) is 28.6 Å². The van der Waals surface area contributed by atoms with Crippen molar-refractivity contribution in [2.75, 3.05) is 11.9 Å². The van der Waals surface area contributed by atoms with E-state index < -0.39 is 0 Å². The lowest BCUT2D eigenvalue weighted by Gasteiger charge is -2.09. The van der Waals surface area contributed by atoms with Crippen LogP contribution in [0, 0.1) is 0 Å². The summed E-state index contributed by atoms with van der Waals surface area (Å²) in [4.78, 5) is 12.0. The molecule has 1 aromatic heterocycles. The number of hydrogen-bond acceptors (Lipinski definition) is 7. The molecule has 0 spiro atoms. The molecule has 1 aromatic carbocycles. The zero-order valence-corrected chi connectivity index (χ0v) is 15.2. The second-order valence-corrected chi connectivity index (χ2v) is 8.04. The zero-order chi connectivity index (χ0) is 16.9. The van der Waals surface area contributed by atoms with Gasteiger partial charge in [0.25, 0.3) is 0 Å². The van der Waals surface area contributed by atoms with E-state index in [1.54, 1.807) is 0 Å². The predicted octanol–water partition coefficient (Wildman–Crippen LogP) is 3.44. The second-order valence-electron chi connectivity index (χ2n) is 5.47. The van der Waals surface area contributed by atoms with E-state index >= 15 is 0 Å². The number of rotatable bonds is 8. The van der Waals surface area contributed by atoms with Crippen LogP contribution in [0.2, 0.25) is 0 Å². The number of carbonyl (C=O) groups excluding carboxylic acids is 1. The molecule has 8 heteroatoms. The number of anilines is 2. The van der Waals surface area contributed by atoms with Crippen LogP contribution in [0.25, 0.3) is 0 Å². The second kappa shape index (κ2) is 7.85. The third-order valence-corrected chi connectivity index (χ3v) is 5.43. The van der Waals surface area contributed by atoms with Crippen LogP contribution in [0.4, 0.5) is 10.8 Å². The summed E-state index contributed by atoms with van der Waals surface area (Å²) in [6.07, 6.45) is 2.19. The highest BCUT2D eigenvalue weighted by Gasteiger charge is 2.26. The van der Waals surface area contributed by atoms with Gasteiger partial charge in [-0.2, -0.15) is 0 Å². The number of benzene rings is 1. The molecule has 1 aliphatic rings. The van der Waals surface area contributed by atoms with E-state index in [1.165, 1.54) is 23.1 Å². The fraction of sp³-hybridized carbons (Fsp3) is 0.438. The topological polar surface area (TPSA) is 76.1 Å². The Bertz CT molecular complexity index is 703. The number of hydrogen-bond donors (Lipinski definition) is 2. The quantitative estimate of drug-likeness (QED) is 0.699. The molecule has 2 aromatic rings. The van der Waals surface area contributed by atoms with Gasteiger partial charge in [-0.3, -0.25) is 4.79 Å². The van der Waals surface area contributed by atoms with Crippen LogP contribution >= 0.6 is 23.1 Å². The van der Waals surface area contributed by atoms with Crippen molar-refractivity contribution in [1.82, 2.24) is 15.5 Å². The molecule has 1 heterocycles. The van der Waals surface area contributed by atoms with E-state index in [2.05, 4.69) is 20.8 Å². The number of nitrogens with one attached hydrogen (secondary N) is 2. The predicted molar refractivity (Wildman–Crippen MR) is 97.3 cm³/mol. The summed E-state index contributed by atoms with van der Waals surface area (Å²) in [5.74, 6) is 0.843. The van der Waals surface area contributed by atoms with Gasteiger partial charge in [0.1, 0.15) is 5.75 Å². The fourth-order valence-corrected chi connectivity index (χ4v) is 3.94. The highest BCUT2D eigenvalue weighted by atomic mass is 32.2. The minimum absolute atomic E-state index is 0.0638. The van der Waals surface area contributed by atoms with Crippen molar-refractivity contribution in [1.29, 1.82) is 0 Å². The van der Waals surface area contributed by atoms with Crippen LogP contribution < -0.4 is 15.4 Å². The molecule has 1 aliphatic carbocycles. The summed E-state index contributed by atoms with van der Waals surface area (Å²) in [6.45, 7) is 4.44. The van der Waals surface area contributed by atoms with Gasteiger partial charge >= 0.3 is 0 Å². The third-order valence-electron chi connectivity index (χ3n) is 3.41. The first-order valence-electron chi connectivity index (χ1n) is 7.95. The molecular formula is C16H20N4O2S2. The molecule has 0 radical (unpaired) electrons. The molecule has 1 amide bonds. The minimum atomic E-state index is -0.179. The summed E-state index contributed by atoms with van der Waals surface area (Å²) in [7, 11) is 0. The fourth-order valence-electron chi connectivity index (χ4n) is 2.03. The lowest BCUT2D eigenvalue weighted by atomic mass is 10.3. The number of thioether (sulfide) groups is 1. The van der Waals surface area contributed by atoms with Crippen molar-refractivity contribution in [2.45, 2.75) is 42.3 Å². The van der Waals surface area contributed by atoms with Gasteiger partial charge in [0.15, 0.2) is 4.34 Å². The summed E-state index contributed by atoms with van der Waals surface area (Å²) in [5.41, 5.74) is 0.853. The van der Waals surface area contributed by atoms with Gasteiger partial charge in [-0.25, -0.2) is 0 Å². The highest BCUT2D eigenvalue weighted by molar-refractivity contribution is 8.02. The Morgan fingerprint density at radius 3 is 2.96 bits per heavy atom. The number of amides is 1. The first-order valence-corrected chi connectivity index (χ1v) is 9.64. The van der Waals surface area contributed by atoms with Crippen LogP contribution in [-0.2, 0) is 4.79 Å². The van der Waals surface area contributed by atoms with Gasteiger partial charge < -0.3 is 15.4 Å². The van der Waals surface area contributed by atoms with E-state index in [0.29, 0.717) is 17.8 Å². The van der Waals surface area contributed by atoms with E-state index in [9.17, 15) is 4.79 Å². The largest absolute Gasteiger partial charge is 0.492 e. The number of ether oxygens (including phenoxy) is 1. The van der Waals surface area contributed by atoms with Gasteiger partial charge in [0.2, 0.25) is 11.0 Å². The maximum absolute atomic E-state index is 12.0. The Morgan fingerprint density at radius 2 is 2.21 bits per heavy atom. The Morgan fingerprint density at radius 1 is 1.42 bits per heavy atom. The molecule has 1 fully saturated rings. The lowest BCUT2D eigenvalue weighted by molar-refractivity contribution is -0.120. The normalized spacial score (nSPS) is 14.9. The van der Waals surface area contributed by atoms with Gasteiger partial charge in [-0.15, -0.1) is 10.2 Å². The summed E-state index contributed by atoms with van der Waals surface area (Å²) in [5, 5.41) is 15.0. The Labute approximate surface area is 149 Å². The van der Waals surface area contributed by atoms with Gasteiger partial charge in [0.05, 0.1) is 17.5 Å². The average Bonchev–Trinajstić information content (AvgIpc) is 3.28. The van der Waals surface area contributed by atoms with Crippen LogP contribution in [0.3, 0.4) is 0 Å². The Hall–Kier alpha value is -1.80. The molecular weight excluding hydrogens is 344 g/mol. The summed E-state index contributed by atoms with van der Waals surface area (Å²) >= 11 is 2.86. The third kappa shape index (κ3) is 4.61. The van der Waals surface area contributed by atoms with Crippen molar-refractivity contribution in [2.24, 2.45) is 0 Å². The number of aromatic nitrogens is 2. The lowest BCUT2D eigenvalue weighted by Crippen LogP contribution is -2.32. The van der Waals surface area contributed by atoms with E-state index in [4.69, 9.17) is 4.74 Å².